The maximum Gasteiger partial charge on any atom is 0.115 e. The highest BCUT2D eigenvalue weighted by Crippen LogP contribution is 2.35. The van der Waals surface area contributed by atoms with Gasteiger partial charge in [0.15, 0.2) is 0 Å². The molecule has 1 N–H and O–H groups in total. The third-order valence-electron chi connectivity index (χ3n) is 4.58. The molecule has 3 heterocycles. The Morgan fingerprint density at radius 2 is 2.26 bits per heavy atom. The summed E-state index contributed by atoms with van der Waals surface area (Å²) >= 11 is 0. The molecule has 0 spiro atoms. The van der Waals surface area contributed by atoms with E-state index in [9.17, 15) is 0 Å². The fourth-order valence-electron chi connectivity index (χ4n) is 3.26. The van der Waals surface area contributed by atoms with Gasteiger partial charge in [-0.3, -0.25) is 4.98 Å². The zero-order chi connectivity index (χ0) is 13.5. The monoisotopic (exact) mass is 258 g/mol. The van der Waals surface area contributed by atoms with Gasteiger partial charge in [0.1, 0.15) is 5.82 Å². The van der Waals surface area contributed by atoms with Crippen LogP contribution in [0.25, 0.3) is 11.0 Å². The molecule has 1 fully saturated rings. The molecule has 0 bridgehead atoms. The summed E-state index contributed by atoms with van der Waals surface area (Å²) in [5.41, 5.74) is 2.25. The van der Waals surface area contributed by atoms with Gasteiger partial charge in [0.25, 0.3) is 0 Å². The highest BCUT2D eigenvalue weighted by Gasteiger charge is 2.35. The third kappa shape index (κ3) is 2.04. The average molecular weight is 258 g/mol. The minimum absolute atomic E-state index is 0.0845. The maximum absolute atomic E-state index is 4.85. The van der Waals surface area contributed by atoms with E-state index in [1.807, 2.05) is 18.5 Å². The fourth-order valence-corrected chi connectivity index (χ4v) is 3.26. The maximum atomic E-state index is 4.85. The van der Waals surface area contributed by atoms with Crippen LogP contribution in [0.15, 0.2) is 18.5 Å². The van der Waals surface area contributed by atoms with E-state index in [1.165, 1.54) is 18.7 Å². The fraction of sp³-hybridized carbons (Fsp3) is 0.600. The van der Waals surface area contributed by atoms with Crippen LogP contribution in [0.1, 0.15) is 32.5 Å². The molecule has 0 aromatic carbocycles. The normalized spacial score (nSPS) is 20.9. The van der Waals surface area contributed by atoms with Gasteiger partial charge < -0.3 is 9.88 Å². The summed E-state index contributed by atoms with van der Waals surface area (Å²) in [4.78, 5) is 9.06. The van der Waals surface area contributed by atoms with Crippen molar-refractivity contribution in [2.75, 3.05) is 13.1 Å². The zero-order valence-electron chi connectivity index (χ0n) is 12.0. The van der Waals surface area contributed by atoms with Crippen LogP contribution in [0.3, 0.4) is 0 Å². The van der Waals surface area contributed by atoms with Gasteiger partial charge in [-0.15, -0.1) is 0 Å². The van der Waals surface area contributed by atoms with Gasteiger partial charge in [-0.25, -0.2) is 4.98 Å². The Labute approximate surface area is 114 Å². The number of pyridine rings is 1. The van der Waals surface area contributed by atoms with Crippen LogP contribution in [-0.2, 0) is 12.5 Å². The second kappa shape index (κ2) is 4.60. The Kier molecular flexibility index (Phi) is 3.05. The highest BCUT2D eigenvalue weighted by atomic mass is 15.1. The minimum Gasteiger partial charge on any atom is -0.329 e. The number of imidazole rings is 1. The summed E-state index contributed by atoms with van der Waals surface area (Å²) in [6.45, 7) is 6.88. The van der Waals surface area contributed by atoms with Crippen LogP contribution in [0.2, 0.25) is 0 Å². The molecule has 3 rings (SSSR count). The topological polar surface area (TPSA) is 42.7 Å². The number of rotatable bonds is 2. The van der Waals surface area contributed by atoms with E-state index in [1.54, 1.807) is 0 Å². The summed E-state index contributed by atoms with van der Waals surface area (Å²) in [6, 6.07) is 1.99. The van der Waals surface area contributed by atoms with Crippen LogP contribution in [0.4, 0.5) is 0 Å². The molecule has 4 nitrogen and oxygen atoms in total. The lowest BCUT2D eigenvalue weighted by Crippen LogP contribution is -2.42. The Bertz CT molecular complexity index is 579. The molecule has 1 atom stereocenters. The Morgan fingerprint density at radius 3 is 2.95 bits per heavy atom. The highest BCUT2D eigenvalue weighted by molar-refractivity contribution is 5.74. The molecule has 102 valence electrons. The molecule has 0 amide bonds. The van der Waals surface area contributed by atoms with Crippen molar-refractivity contribution in [3.63, 3.8) is 0 Å². The number of nitrogens with zero attached hydrogens (tertiary/aromatic N) is 3. The molecule has 1 aliphatic rings. The van der Waals surface area contributed by atoms with Crippen LogP contribution in [0, 0.1) is 5.92 Å². The van der Waals surface area contributed by atoms with Crippen LogP contribution in [-0.4, -0.2) is 27.6 Å². The Hall–Kier alpha value is -1.42. The summed E-state index contributed by atoms with van der Waals surface area (Å²) in [6.07, 6.45) is 6.26. The molecule has 2 aromatic heterocycles. The number of piperidine rings is 1. The smallest absolute Gasteiger partial charge is 0.115 e. The van der Waals surface area contributed by atoms with E-state index in [2.05, 4.69) is 35.8 Å². The first-order valence-corrected chi connectivity index (χ1v) is 7.08. The second-order valence-electron chi connectivity index (χ2n) is 6.12. The zero-order valence-corrected chi connectivity index (χ0v) is 12.0. The van der Waals surface area contributed by atoms with E-state index in [0.717, 1.165) is 24.1 Å². The molecular weight excluding hydrogens is 236 g/mol. The number of aryl methyl sites for hydroxylation is 1. The quantitative estimate of drug-likeness (QED) is 0.898. The van der Waals surface area contributed by atoms with E-state index >= 15 is 0 Å². The first-order chi connectivity index (χ1) is 9.10. The molecular formula is C15H22N4. The lowest BCUT2D eigenvalue weighted by Gasteiger charge is -2.36. The van der Waals surface area contributed by atoms with Gasteiger partial charge in [-0.05, 0) is 37.9 Å². The van der Waals surface area contributed by atoms with E-state index < -0.39 is 0 Å². The Morgan fingerprint density at radius 1 is 1.42 bits per heavy atom. The third-order valence-corrected chi connectivity index (χ3v) is 4.58. The lowest BCUT2D eigenvalue weighted by molar-refractivity contribution is 0.238. The van der Waals surface area contributed by atoms with E-state index in [4.69, 9.17) is 4.98 Å². The molecule has 0 aliphatic carbocycles. The summed E-state index contributed by atoms with van der Waals surface area (Å²) in [5, 5.41) is 3.51. The van der Waals surface area contributed by atoms with Crippen LogP contribution in [0.5, 0.6) is 0 Å². The van der Waals surface area contributed by atoms with Crippen molar-refractivity contribution in [1.82, 2.24) is 19.9 Å². The van der Waals surface area contributed by atoms with Gasteiger partial charge in [-0.1, -0.05) is 13.8 Å². The first-order valence-electron chi connectivity index (χ1n) is 7.08. The SMILES string of the molecule is Cn1c(C(C)(C)C2CCCNC2)nc2ccncc21. The standard InChI is InChI=1S/C15H22N4/c1-15(2,11-5-4-7-16-9-11)14-18-12-6-8-17-10-13(12)19(14)3/h6,8,10-11,16H,4-5,7,9H2,1-3H3. The number of aromatic nitrogens is 3. The second-order valence-corrected chi connectivity index (χ2v) is 6.12. The van der Waals surface area contributed by atoms with Crippen LogP contribution >= 0.6 is 0 Å². The van der Waals surface area contributed by atoms with Crippen molar-refractivity contribution in [2.45, 2.75) is 32.1 Å². The lowest BCUT2D eigenvalue weighted by atomic mass is 9.74. The van der Waals surface area contributed by atoms with Crippen molar-refractivity contribution in [1.29, 1.82) is 0 Å². The van der Waals surface area contributed by atoms with Crippen molar-refractivity contribution in [2.24, 2.45) is 13.0 Å². The van der Waals surface area contributed by atoms with Gasteiger partial charge in [0.05, 0.1) is 17.2 Å². The molecule has 1 saturated heterocycles. The van der Waals surface area contributed by atoms with Crippen molar-refractivity contribution >= 4 is 11.0 Å². The summed E-state index contributed by atoms with van der Waals surface area (Å²) in [5.74, 6) is 1.81. The molecule has 19 heavy (non-hydrogen) atoms. The molecule has 0 radical (unpaired) electrons. The van der Waals surface area contributed by atoms with Crippen molar-refractivity contribution in [3.8, 4) is 0 Å². The number of hydrogen-bond donors (Lipinski definition) is 1. The molecule has 0 saturated carbocycles. The van der Waals surface area contributed by atoms with Crippen LogP contribution < -0.4 is 5.32 Å². The van der Waals surface area contributed by atoms with Crippen molar-refractivity contribution in [3.05, 3.63) is 24.3 Å². The van der Waals surface area contributed by atoms with E-state index in [-0.39, 0.29) is 5.41 Å². The predicted octanol–water partition coefficient (Wildman–Crippen LogP) is 2.25. The van der Waals surface area contributed by atoms with Crippen molar-refractivity contribution < 1.29 is 0 Å². The van der Waals surface area contributed by atoms with Gasteiger partial charge in [0, 0.05) is 18.7 Å². The predicted molar refractivity (Wildman–Crippen MR) is 77.1 cm³/mol. The molecule has 2 aromatic rings. The Balaban J connectivity index is 2.04. The number of fused-ring (bicyclic) bond motifs is 1. The summed E-state index contributed by atoms with van der Waals surface area (Å²) < 4.78 is 2.21. The first kappa shape index (κ1) is 12.6. The number of nitrogens with one attached hydrogen (secondary N) is 1. The van der Waals surface area contributed by atoms with Gasteiger partial charge in [0.2, 0.25) is 0 Å². The largest absolute Gasteiger partial charge is 0.329 e. The number of hydrogen-bond acceptors (Lipinski definition) is 3. The molecule has 1 aliphatic heterocycles. The van der Waals surface area contributed by atoms with Gasteiger partial charge >= 0.3 is 0 Å². The molecule has 1 unspecified atom stereocenters. The molecule has 4 heteroatoms. The summed E-state index contributed by atoms with van der Waals surface area (Å²) in [7, 11) is 2.10. The minimum atomic E-state index is 0.0845. The van der Waals surface area contributed by atoms with E-state index in [0.29, 0.717) is 5.92 Å². The van der Waals surface area contributed by atoms with Gasteiger partial charge in [-0.2, -0.15) is 0 Å². The average Bonchev–Trinajstić information content (AvgIpc) is 2.78.